The summed E-state index contributed by atoms with van der Waals surface area (Å²) in [7, 11) is 0. The summed E-state index contributed by atoms with van der Waals surface area (Å²) in [5, 5.41) is 0. The van der Waals surface area contributed by atoms with Crippen molar-refractivity contribution in [3.05, 3.63) is 60.2 Å². The van der Waals surface area contributed by atoms with Crippen molar-refractivity contribution < 1.29 is 0 Å². The SMILES string of the molecule is CC12CC3CC(C)(C1)CC(c1cccc(-c4ccccc4)c1)(C3)C2. The van der Waals surface area contributed by atoms with E-state index < -0.39 is 0 Å². The predicted molar refractivity (Wildman–Crippen MR) is 101 cm³/mol. The van der Waals surface area contributed by atoms with Crippen LogP contribution in [-0.2, 0) is 5.41 Å². The molecule has 0 nitrogen and oxygen atoms in total. The maximum absolute atomic E-state index is 2.57. The summed E-state index contributed by atoms with van der Waals surface area (Å²) in [6.45, 7) is 5.15. The van der Waals surface area contributed by atoms with E-state index in [0.29, 0.717) is 16.2 Å². The van der Waals surface area contributed by atoms with Crippen molar-refractivity contribution in [2.45, 2.75) is 57.8 Å². The Labute approximate surface area is 146 Å². The molecule has 0 aliphatic heterocycles. The lowest BCUT2D eigenvalue weighted by Crippen LogP contribution is -2.56. The van der Waals surface area contributed by atoms with Gasteiger partial charge in [-0.2, -0.15) is 0 Å². The van der Waals surface area contributed by atoms with Crippen LogP contribution in [0.3, 0.4) is 0 Å². The van der Waals surface area contributed by atoms with Crippen LogP contribution in [0, 0.1) is 16.7 Å². The first-order chi connectivity index (χ1) is 11.5. The molecular formula is C24H28. The predicted octanol–water partition coefficient (Wildman–Crippen LogP) is 6.60. The van der Waals surface area contributed by atoms with E-state index in [9.17, 15) is 0 Å². The highest BCUT2D eigenvalue weighted by molar-refractivity contribution is 5.64. The van der Waals surface area contributed by atoms with Gasteiger partial charge in [0.1, 0.15) is 0 Å². The van der Waals surface area contributed by atoms with Gasteiger partial charge in [-0.05, 0) is 77.4 Å². The van der Waals surface area contributed by atoms with Crippen molar-refractivity contribution in [2.24, 2.45) is 16.7 Å². The van der Waals surface area contributed by atoms with Crippen LogP contribution in [0.5, 0.6) is 0 Å². The van der Waals surface area contributed by atoms with Crippen LogP contribution in [-0.4, -0.2) is 0 Å². The second-order valence-corrected chi connectivity index (χ2v) is 9.86. The van der Waals surface area contributed by atoms with Crippen molar-refractivity contribution in [1.29, 1.82) is 0 Å². The van der Waals surface area contributed by atoms with E-state index in [4.69, 9.17) is 0 Å². The molecule has 6 rings (SSSR count). The summed E-state index contributed by atoms with van der Waals surface area (Å²) in [4.78, 5) is 0. The molecule has 0 amide bonds. The molecule has 0 aromatic heterocycles. The van der Waals surface area contributed by atoms with E-state index in [0.717, 1.165) is 5.92 Å². The average Bonchev–Trinajstić information content (AvgIpc) is 2.52. The fourth-order valence-electron chi connectivity index (χ4n) is 7.43. The number of hydrogen-bond donors (Lipinski definition) is 0. The molecule has 4 aliphatic carbocycles. The zero-order valence-electron chi connectivity index (χ0n) is 15.0. The maximum Gasteiger partial charge on any atom is -0.00338 e. The van der Waals surface area contributed by atoms with E-state index in [-0.39, 0.29) is 0 Å². The Morgan fingerprint density at radius 1 is 0.708 bits per heavy atom. The second-order valence-electron chi connectivity index (χ2n) is 9.86. The first-order valence-electron chi connectivity index (χ1n) is 9.64. The van der Waals surface area contributed by atoms with Crippen LogP contribution in [0.15, 0.2) is 54.6 Å². The highest BCUT2D eigenvalue weighted by Crippen LogP contribution is 2.69. The minimum Gasteiger partial charge on any atom is -0.0622 e. The van der Waals surface area contributed by atoms with Crippen molar-refractivity contribution >= 4 is 0 Å². The molecule has 2 unspecified atom stereocenters. The molecule has 0 heterocycles. The molecule has 4 aliphatic rings. The molecule has 0 saturated heterocycles. The van der Waals surface area contributed by atoms with Crippen LogP contribution in [0.4, 0.5) is 0 Å². The van der Waals surface area contributed by atoms with Crippen LogP contribution in [0.2, 0.25) is 0 Å². The van der Waals surface area contributed by atoms with Crippen molar-refractivity contribution in [1.82, 2.24) is 0 Å². The molecule has 0 spiro atoms. The monoisotopic (exact) mass is 316 g/mol. The summed E-state index contributed by atoms with van der Waals surface area (Å²) >= 11 is 0. The third kappa shape index (κ3) is 2.19. The summed E-state index contributed by atoms with van der Waals surface area (Å²) in [5.41, 5.74) is 5.95. The summed E-state index contributed by atoms with van der Waals surface area (Å²) in [6, 6.07) is 20.4. The molecule has 124 valence electrons. The zero-order valence-corrected chi connectivity index (χ0v) is 15.0. The lowest BCUT2D eigenvalue weighted by atomic mass is 9.39. The molecule has 0 N–H and O–H groups in total. The molecule has 0 heteroatoms. The van der Waals surface area contributed by atoms with Gasteiger partial charge in [-0.3, -0.25) is 0 Å². The normalized spacial score (nSPS) is 40.0. The maximum atomic E-state index is 2.57. The average molecular weight is 316 g/mol. The molecule has 4 bridgehead atoms. The van der Waals surface area contributed by atoms with Gasteiger partial charge in [0.25, 0.3) is 0 Å². The standard InChI is InChI=1S/C24H28/c1-22-12-18-13-23(2,15-22)17-24(14-18,16-22)21-10-6-9-20(11-21)19-7-4-3-5-8-19/h3-11,18H,12-17H2,1-2H3. The molecule has 4 saturated carbocycles. The lowest BCUT2D eigenvalue weighted by Gasteiger charge is -2.65. The van der Waals surface area contributed by atoms with Crippen LogP contribution >= 0.6 is 0 Å². The van der Waals surface area contributed by atoms with Crippen LogP contribution in [0.25, 0.3) is 11.1 Å². The molecule has 24 heavy (non-hydrogen) atoms. The molecule has 2 atom stereocenters. The zero-order chi connectivity index (χ0) is 16.4. The van der Waals surface area contributed by atoms with Gasteiger partial charge >= 0.3 is 0 Å². The van der Waals surface area contributed by atoms with Gasteiger partial charge < -0.3 is 0 Å². The van der Waals surface area contributed by atoms with E-state index in [1.54, 1.807) is 5.56 Å². The minimum absolute atomic E-state index is 0.438. The fourth-order valence-corrected chi connectivity index (χ4v) is 7.43. The van der Waals surface area contributed by atoms with Crippen molar-refractivity contribution in [2.75, 3.05) is 0 Å². The Kier molecular flexibility index (Phi) is 2.92. The van der Waals surface area contributed by atoms with Gasteiger partial charge in [-0.15, -0.1) is 0 Å². The Bertz CT molecular complexity index is 754. The molecule has 2 aromatic rings. The quantitative estimate of drug-likeness (QED) is 0.585. The van der Waals surface area contributed by atoms with Gasteiger partial charge in [0.2, 0.25) is 0 Å². The van der Waals surface area contributed by atoms with E-state index in [2.05, 4.69) is 68.4 Å². The minimum atomic E-state index is 0.438. The van der Waals surface area contributed by atoms with Gasteiger partial charge in [0.05, 0.1) is 0 Å². The van der Waals surface area contributed by atoms with E-state index in [1.165, 1.54) is 49.7 Å². The van der Waals surface area contributed by atoms with Gasteiger partial charge in [0.15, 0.2) is 0 Å². The molecule has 4 fully saturated rings. The van der Waals surface area contributed by atoms with E-state index in [1.807, 2.05) is 0 Å². The molecule has 0 radical (unpaired) electrons. The topological polar surface area (TPSA) is 0 Å². The van der Waals surface area contributed by atoms with Crippen LogP contribution < -0.4 is 0 Å². The highest BCUT2D eigenvalue weighted by Gasteiger charge is 2.60. The Balaban J connectivity index is 1.59. The summed E-state index contributed by atoms with van der Waals surface area (Å²) < 4.78 is 0. The summed E-state index contributed by atoms with van der Waals surface area (Å²) in [5.74, 6) is 0.955. The smallest absolute Gasteiger partial charge is 0.00338 e. The first-order valence-corrected chi connectivity index (χ1v) is 9.64. The van der Waals surface area contributed by atoms with E-state index >= 15 is 0 Å². The lowest BCUT2D eigenvalue weighted by molar-refractivity contribution is -0.109. The molecular weight excluding hydrogens is 288 g/mol. The van der Waals surface area contributed by atoms with Crippen LogP contribution in [0.1, 0.15) is 57.9 Å². The van der Waals surface area contributed by atoms with Gasteiger partial charge in [0, 0.05) is 0 Å². The Morgan fingerprint density at radius 2 is 1.38 bits per heavy atom. The third-order valence-corrected chi connectivity index (χ3v) is 7.21. The Morgan fingerprint density at radius 3 is 2.04 bits per heavy atom. The third-order valence-electron chi connectivity index (χ3n) is 7.21. The Hall–Kier alpha value is -1.56. The van der Waals surface area contributed by atoms with Crippen molar-refractivity contribution in [3.63, 3.8) is 0 Å². The van der Waals surface area contributed by atoms with Crippen molar-refractivity contribution in [3.8, 4) is 11.1 Å². The van der Waals surface area contributed by atoms with Gasteiger partial charge in [-0.25, -0.2) is 0 Å². The fraction of sp³-hybridized carbons (Fsp3) is 0.500. The number of rotatable bonds is 2. The summed E-state index contributed by atoms with van der Waals surface area (Å²) in [6.07, 6.45) is 8.65. The number of hydrogen-bond acceptors (Lipinski definition) is 0. The second kappa shape index (κ2) is 4.75. The first kappa shape index (κ1) is 14.8. The molecule has 2 aromatic carbocycles. The largest absolute Gasteiger partial charge is 0.0622 e. The van der Waals surface area contributed by atoms with Gasteiger partial charge in [-0.1, -0.05) is 68.4 Å². The number of benzene rings is 2. The highest BCUT2D eigenvalue weighted by atomic mass is 14.6.